The zero-order chi connectivity index (χ0) is 15.7. The van der Waals surface area contributed by atoms with Crippen LogP contribution in [0.3, 0.4) is 0 Å². The Labute approximate surface area is 136 Å². The van der Waals surface area contributed by atoms with E-state index in [-0.39, 0.29) is 11.8 Å². The van der Waals surface area contributed by atoms with E-state index in [0.29, 0.717) is 11.8 Å². The first-order chi connectivity index (χ1) is 10.5. The number of nitrogens with one attached hydrogen (secondary N) is 1. The van der Waals surface area contributed by atoms with Crippen LogP contribution in [0.2, 0.25) is 0 Å². The molecule has 1 amide bonds. The van der Waals surface area contributed by atoms with Gasteiger partial charge in [-0.25, -0.2) is 0 Å². The molecule has 0 spiro atoms. The van der Waals surface area contributed by atoms with E-state index in [1.54, 1.807) is 11.8 Å². The zero-order valence-electron chi connectivity index (χ0n) is 13.1. The molecule has 0 aromatic heterocycles. The number of nitriles is 1. The van der Waals surface area contributed by atoms with Crippen LogP contribution in [0.4, 0.5) is 0 Å². The smallest absolute Gasteiger partial charge is 0.225 e. The van der Waals surface area contributed by atoms with Crippen LogP contribution in [0.1, 0.15) is 49.7 Å². The van der Waals surface area contributed by atoms with Crippen molar-refractivity contribution in [1.82, 2.24) is 5.32 Å². The maximum atomic E-state index is 12.4. The van der Waals surface area contributed by atoms with Crippen LogP contribution in [0.25, 0.3) is 0 Å². The molecule has 0 radical (unpaired) electrons. The highest BCUT2D eigenvalue weighted by atomic mass is 32.2. The molecule has 3 nitrogen and oxygen atoms in total. The Kier molecular flexibility index (Phi) is 4.18. The Hall–Kier alpha value is -1.47. The van der Waals surface area contributed by atoms with Crippen LogP contribution in [-0.4, -0.2) is 23.0 Å². The number of carbonyl (C=O) groups is 1. The molecule has 22 heavy (non-hydrogen) atoms. The van der Waals surface area contributed by atoms with Gasteiger partial charge in [0.05, 0.1) is 6.07 Å². The number of nitrogens with zero attached hydrogens (tertiary/aromatic N) is 1. The van der Waals surface area contributed by atoms with Crippen molar-refractivity contribution in [2.45, 2.75) is 44.1 Å². The minimum Gasteiger partial charge on any atom is -0.337 e. The Balaban J connectivity index is 1.62. The summed E-state index contributed by atoms with van der Waals surface area (Å²) >= 11 is 1.74. The standard InChI is InChI=1S/C18H22N2OS/c1-12(2)13-3-5-14(6-4-13)15-9-16(15)17(21)20-18(10-19)7-8-22-11-18/h3-6,12,15-16H,7-9,11H2,1-2H3,(H,20,21). The third-order valence-corrected chi connectivity index (χ3v) is 5.95. The number of rotatable bonds is 4. The molecule has 3 unspecified atom stereocenters. The molecule has 4 heteroatoms. The van der Waals surface area contributed by atoms with Crippen LogP contribution >= 0.6 is 11.8 Å². The van der Waals surface area contributed by atoms with E-state index >= 15 is 0 Å². The minimum absolute atomic E-state index is 0.0423. The number of hydrogen-bond donors (Lipinski definition) is 1. The van der Waals surface area contributed by atoms with E-state index in [1.807, 2.05) is 0 Å². The fourth-order valence-corrected chi connectivity index (χ4v) is 4.36. The average Bonchev–Trinajstić information content (AvgIpc) is 3.20. The van der Waals surface area contributed by atoms with E-state index < -0.39 is 5.54 Å². The van der Waals surface area contributed by atoms with E-state index in [1.165, 1.54) is 11.1 Å². The molecular weight excluding hydrogens is 292 g/mol. The summed E-state index contributed by atoms with van der Waals surface area (Å²) in [4.78, 5) is 12.4. The summed E-state index contributed by atoms with van der Waals surface area (Å²) < 4.78 is 0. The van der Waals surface area contributed by atoms with E-state index in [0.717, 1.165) is 24.3 Å². The number of thioether (sulfide) groups is 1. The second-order valence-corrected chi connectivity index (χ2v) is 7.86. The molecule has 1 N–H and O–H groups in total. The van der Waals surface area contributed by atoms with Gasteiger partial charge in [-0.15, -0.1) is 0 Å². The lowest BCUT2D eigenvalue weighted by Gasteiger charge is -2.21. The number of amides is 1. The van der Waals surface area contributed by atoms with Crippen molar-refractivity contribution in [1.29, 1.82) is 5.26 Å². The molecule has 1 saturated heterocycles. The monoisotopic (exact) mass is 314 g/mol. The Morgan fingerprint density at radius 1 is 1.41 bits per heavy atom. The SMILES string of the molecule is CC(C)c1ccc(C2CC2C(=O)NC2(C#N)CCSC2)cc1. The van der Waals surface area contributed by atoms with Crippen LogP contribution in [0.15, 0.2) is 24.3 Å². The topological polar surface area (TPSA) is 52.9 Å². The van der Waals surface area contributed by atoms with Crippen molar-refractivity contribution < 1.29 is 4.79 Å². The largest absolute Gasteiger partial charge is 0.337 e. The Morgan fingerprint density at radius 2 is 2.14 bits per heavy atom. The predicted molar refractivity (Wildman–Crippen MR) is 89.8 cm³/mol. The van der Waals surface area contributed by atoms with Gasteiger partial charge in [-0.3, -0.25) is 4.79 Å². The van der Waals surface area contributed by atoms with E-state index in [9.17, 15) is 10.1 Å². The maximum absolute atomic E-state index is 12.4. The van der Waals surface area contributed by atoms with Gasteiger partial charge in [0.25, 0.3) is 0 Å². The summed E-state index contributed by atoms with van der Waals surface area (Å²) in [6.45, 7) is 4.37. The predicted octanol–water partition coefficient (Wildman–Crippen LogP) is 3.43. The summed E-state index contributed by atoms with van der Waals surface area (Å²) in [5.74, 6) is 2.63. The highest BCUT2D eigenvalue weighted by Crippen LogP contribution is 2.48. The van der Waals surface area contributed by atoms with Gasteiger partial charge in [-0.1, -0.05) is 38.1 Å². The molecule has 1 aromatic carbocycles. The summed E-state index contributed by atoms with van der Waals surface area (Å²) in [6, 6.07) is 10.9. The van der Waals surface area contributed by atoms with Gasteiger partial charge in [-0.05, 0) is 41.6 Å². The molecule has 3 atom stereocenters. The fourth-order valence-electron chi connectivity index (χ4n) is 3.09. The molecule has 3 rings (SSSR count). The van der Waals surface area contributed by atoms with Gasteiger partial charge < -0.3 is 5.32 Å². The van der Waals surface area contributed by atoms with Crippen molar-refractivity contribution in [2.24, 2.45) is 5.92 Å². The van der Waals surface area contributed by atoms with Gasteiger partial charge in [0.1, 0.15) is 5.54 Å². The molecule has 1 aliphatic heterocycles. The van der Waals surface area contributed by atoms with E-state index in [4.69, 9.17) is 0 Å². The second kappa shape index (κ2) is 5.96. The molecule has 2 aliphatic rings. The third-order valence-electron chi connectivity index (χ3n) is 4.76. The molecule has 1 heterocycles. The van der Waals surface area contributed by atoms with Crippen LogP contribution in [0, 0.1) is 17.2 Å². The van der Waals surface area contributed by atoms with Gasteiger partial charge in [0, 0.05) is 11.7 Å². The first-order valence-electron chi connectivity index (χ1n) is 7.95. The average molecular weight is 314 g/mol. The minimum atomic E-state index is -0.629. The molecule has 116 valence electrons. The lowest BCUT2D eigenvalue weighted by atomic mass is 9.99. The van der Waals surface area contributed by atoms with Crippen molar-refractivity contribution in [3.8, 4) is 6.07 Å². The van der Waals surface area contributed by atoms with Gasteiger partial charge in [-0.2, -0.15) is 17.0 Å². The van der Waals surface area contributed by atoms with Crippen LogP contribution in [0.5, 0.6) is 0 Å². The van der Waals surface area contributed by atoms with Crippen molar-refractivity contribution >= 4 is 17.7 Å². The van der Waals surface area contributed by atoms with Gasteiger partial charge in [0.2, 0.25) is 5.91 Å². The van der Waals surface area contributed by atoms with E-state index in [2.05, 4.69) is 49.5 Å². The highest BCUT2D eigenvalue weighted by molar-refractivity contribution is 7.99. The molecular formula is C18H22N2OS. The zero-order valence-corrected chi connectivity index (χ0v) is 14.0. The van der Waals surface area contributed by atoms with Gasteiger partial charge in [0.15, 0.2) is 0 Å². The maximum Gasteiger partial charge on any atom is 0.225 e. The quantitative estimate of drug-likeness (QED) is 0.926. The number of benzene rings is 1. The van der Waals surface area contributed by atoms with Crippen molar-refractivity contribution in [3.63, 3.8) is 0 Å². The Morgan fingerprint density at radius 3 is 2.68 bits per heavy atom. The molecule has 2 fully saturated rings. The summed E-state index contributed by atoms with van der Waals surface area (Å²) in [5, 5.41) is 12.4. The second-order valence-electron chi connectivity index (χ2n) is 6.76. The normalized spacial score (nSPS) is 30.1. The molecule has 1 aromatic rings. The van der Waals surface area contributed by atoms with Crippen LogP contribution < -0.4 is 5.32 Å². The molecule has 1 saturated carbocycles. The number of hydrogen-bond acceptors (Lipinski definition) is 3. The van der Waals surface area contributed by atoms with Crippen LogP contribution in [-0.2, 0) is 4.79 Å². The summed E-state index contributed by atoms with van der Waals surface area (Å²) in [5.41, 5.74) is 1.95. The highest BCUT2D eigenvalue weighted by Gasteiger charge is 2.47. The lowest BCUT2D eigenvalue weighted by molar-refractivity contribution is -0.123. The van der Waals surface area contributed by atoms with Gasteiger partial charge >= 0.3 is 0 Å². The molecule has 0 bridgehead atoms. The van der Waals surface area contributed by atoms with Crippen molar-refractivity contribution in [2.75, 3.05) is 11.5 Å². The first-order valence-corrected chi connectivity index (χ1v) is 9.11. The summed E-state index contributed by atoms with van der Waals surface area (Å²) in [7, 11) is 0. The lowest BCUT2D eigenvalue weighted by Crippen LogP contribution is -2.48. The molecule has 1 aliphatic carbocycles. The first kappa shape index (κ1) is 15.4. The summed E-state index contributed by atoms with van der Waals surface area (Å²) in [6.07, 6.45) is 1.67. The Bertz CT molecular complexity index is 597. The third kappa shape index (κ3) is 3.01. The number of carbonyl (C=O) groups excluding carboxylic acids is 1. The fraction of sp³-hybridized carbons (Fsp3) is 0.556. The van der Waals surface area contributed by atoms with Crippen molar-refractivity contribution in [3.05, 3.63) is 35.4 Å².